The third-order valence-corrected chi connectivity index (χ3v) is 5.97. The zero-order valence-electron chi connectivity index (χ0n) is 20.1. The number of rotatable bonds is 10. The molecule has 36 heavy (non-hydrogen) atoms. The lowest BCUT2D eigenvalue weighted by molar-refractivity contribution is -0.123. The molecule has 1 aliphatic heterocycles. The van der Waals surface area contributed by atoms with Gasteiger partial charge in [0.05, 0.1) is 6.10 Å². The van der Waals surface area contributed by atoms with Gasteiger partial charge < -0.3 is 14.8 Å². The van der Waals surface area contributed by atoms with Crippen LogP contribution in [0.2, 0.25) is 0 Å². The second kappa shape index (κ2) is 12.1. The molecular weight excluding hydrogens is 469 g/mol. The molecule has 2 unspecified atom stereocenters. The summed E-state index contributed by atoms with van der Waals surface area (Å²) in [5, 5.41) is 2.73. The maximum Gasteiger partial charge on any atom is 0.266 e. The van der Waals surface area contributed by atoms with E-state index in [1.165, 1.54) is 30.3 Å². The van der Waals surface area contributed by atoms with E-state index in [-0.39, 0.29) is 18.4 Å². The van der Waals surface area contributed by atoms with E-state index in [4.69, 9.17) is 9.47 Å². The van der Waals surface area contributed by atoms with Gasteiger partial charge in [-0.25, -0.2) is 13.2 Å². The molecule has 0 bridgehead atoms. The summed E-state index contributed by atoms with van der Waals surface area (Å²) in [6.07, 6.45) is 0.855. The Labute approximate surface area is 208 Å². The Balaban J connectivity index is 1.57. The zero-order chi connectivity index (χ0) is 25.5. The SMILES string of the molecule is Cc1cccc(CN(CC2CCCO2)CC(Oc2ccc(F)c(F)c2)C(=O)Nc2ccc(F)cc2)c1. The Kier molecular flexibility index (Phi) is 8.61. The predicted octanol–water partition coefficient (Wildman–Crippen LogP) is 5.48. The van der Waals surface area contributed by atoms with Gasteiger partial charge in [-0.15, -0.1) is 0 Å². The molecule has 1 fully saturated rings. The van der Waals surface area contributed by atoms with Crippen molar-refractivity contribution < 1.29 is 27.4 Å². The summed E-state index contributed by atoms with van der Waals surface area (Å²) in [5.41, 5.74) is 2.58. The van der Waals surface area contributed by atoms with E-state index in [9.17, 15) is 18.0 Å². The van der Waals surface area contributed by atoms with Crippen molar-refractivity contribution in [3.8, 4) is 5.75 Å². The van der Waals surface area contributed by atoms with Crippen molar-refractivity contribution in [1.82, 2.24) is 4.90 Å². The molecule has 1 N–H and O–H groups in total. The van der Waals surface area contributed by atoms with E-state index in [0.717, 1.165) is 36.1 Å². The molecule has 1 amide bonds. The van der Waals surface area contributed by atoms with Crippen molar-refractivity contribution in [2.45, 2.75) is 38.5 Å². The number of anilines is 1. The maximum atomic E-state index is 13.9. The van der Waals surface area contributed by atoms with E-state index in [1.54, 1.807) is 0 Å². The van der Waals surface area contributed by atoms with Gasteiger partial charge in [0, 0.05) is 38.0 Å². The first-order valence-corrected chi connectivity index (χ1v) is 11.9. The summed E-state index contributed by atoms with van der Waals surface area (Å²) in [5.74, 6) is -2.97. The first-order chi connectivity index (χ1) is 17.4. The van der Waals surface area contributed by atoms with E-state index in [1.807, 2.05) is 25.1 Å². The molecule has 0 radical (unpaired) electrons. The van der Waals surface area contributed by atoms with Gasteiger partial charge >= 0.3 is 0 Å². The first kappa shape index (κ1) is 25.7. The van der Waals surface area contributed by atoms with Crippen LogP contribution in [0.15, 0.2) is 66.7 Å². The number of hydrogen-bond donors (Lipinski definition) is 1. The number of carbonyl (C=O) groups is 1. The fraction of sp³-hybridized carbons (Fsp3) is 0.321. The summed E-state index contributed by atoms with van der Waals surface area (Å²) in [4.78, 5) is 15.3. The predicted molar refractivity (Wildman–Crippen MR) is 131 cm³/mol. The molecule has 1 aliphatic rings. The third-order valence-electron chi connectivity index (χ3n) is 5.97. The lowest BCUT2D eigenvalue weighted by Gasteiger charge is -2.29. The van der Waals surface area contributed by atoms with Crippen LogP contribution in [-0.2, 0) is 16.1 Å². The number of amides is 1. The smallest absolute Gasteiger partial charge is 0.266 e. The van der Waals surface area contributed by atoms with Crippen molar-refractivity contribution in [1.29, 1.82) is 0 Å². The molecular formula is C28H29F3N2O3. The van der Waals surface area contributed by atoms with E-state index >= 15 is 0 Å². The van der Waals surface area contributed by atoms with Crippen LogP contribution in [-0.4, -0.2) is 42.7 Å². The van der Waals surface area contributed by atoms with Gasteiger partial charge in [0.15, 0.2) is 17.7 Å². The van der Waals surface area contributed by atoms with Crippen LogP contribution < -0.4 is 10.1 Å². The summed E-state index contributed by atoms with van der Waals surface area (Å²) in [6.45, 7) is 4.00. The number of carbonyl (C=O) groups excluding carboxylic acids is 1. The van der Waals surface area contributed by atoms with Crippen molar-refractivity contribution in [3.05, 3.63) is 95.3 Å². The zero-order valence-corrected chi connectivity index (χ0v) is 20.1. The molecule has 190 valence electrons. The van der Waals surface area contributed by atoms with Gasteiger partial charge in [-0.3, -0.25) is 9.69 Å². The van der Waals surface area contributed by atoms with Crippen molar-refractivity contribution >= 4 is 11.6 Å². The van der Waals surface area contributed by atoms with Crippen LogP contribution in [0.1, 0.15) is 24.0 Å². The molecule has 5 nitrogen and oxygen atoms in total. The van der Waals surface area contributed by atoms with E-state index in [2.05, 4.69) is 16.3 Å². The number of halogens is 3. The summed E-state index contributed by atoms with van der Waals surface area (Å²) >= 11 is 0. The second-order valence-electron chi connectivity index (χ2n) is 9.00. The molecule has 0 spiro atoms. The number of aryl methyl sites for hydroxylation is 1. The summed E-state index contributed by atoms with van der Waals surface area (Å²) in [7, 11) is 0. The minimum Gasteiger partial charge on any atom is -0.479 e. The van der Waals surface area contributed by atoms with Crippen molar-refractivity contribution in [3.63, 3.8) is 0 Å². The van der Waals surface area contributed by atoms with Crippen LogP contribution in [0.3, 0.4) is 0 Å². The molecule has 3 aromatic rings. The number of benzene rings is 3. The molecule has 3 aromatic carbocycles. The Morgan fingerprint density at radius 3 is 2.58 bits per heavy atom. The highest BCUT2D eigenvalue weighted by Gasteiger charge is 2.27. The van der Waals surface area contributed by atoms with Gasteiger partial charge in [0.25, 0.3) is 5.91 Å². The lowest BCUT2D eigenvalue weighted by atomic mass is 10.1. The highest BCUT2D eigenvalue weighted by Crippen LogP contribution is 2.21. The van der Waals surface area contributed by atoms with E-state index < -0.39 is 29.5 Å². The highest BCUT2D eigenvalue weighted by molar-refractivity contribution is 5.94. The number of nitrogens with zero attached hydrogens (tertiary/aromatic N) is 1. The van der Waals surface area contributed by atoms with Crippen molar-refractivity contribution in [2.75, 3.05) is 25.0 Å². The van der Waals surface area contributed by atoms with Gasteiger partial charge in [-0.2, -0.15) is 0 Å². The van der Waals surface area contributed by atoms with Gasteiger partial charge in [0.2, 0.25) is 0 Å². The molecule has 1 heterocycles. The van der Waals surface area contributed by atoms with Crippen molar-refractivity contribution in [2.24, 2.45) is 0 Å². The Hall–Kier alpha value is -3.36. The number of ether oxygens (including phenoxy) is 2. The number of hydrogen-bond acceptors (Lipinski definition) is 4. The molecule has 4 rings (SSSR count). The minimum absolute atomic E-state index is 0.0267. The van der Waals surface area contributed by atoms with Crippen LogP contribution in [0.5, 0.6) is 5.75 Å². The molecule has 2 atom stereocenters. The Bertz CT molecular complexity index is 1170. The topological polar surface area (TPSA) is 50.8 Å². The summed E-state index contributed by atoms with van der Waals surface area (Å²) < 4.78 is 52.4. The normalized spacial score (nSPS) is 16.2. The van der Waals surface area contributed by atoms with Gasteiger partial charge in [-0.05, 0) is 61.7 Å². The van der Waals surface area contributed by atoms with E-state index in [0.29, 0.717) is 25.4 Å². The first-order valence-electron chi connectivity index (χ1n) is 11.9. The average molecular weight is 499 g/mol. The van der Waals surface area contributed by atoms with Crippen LogP contribution in [0.4, 0.5) is 18.9 Å². The molecule has 8 heteroatoms. The minimum atomic E-state index is -1.07. The molecule has 1 saturated heterocycles. The number of nitrogens with one attached hydrogen (secondary N) is 1. The monoisotopic (exact) mass is 498 g/mol. The summed E-state index contributed by atoms with van der Waals surface area (Å²) in [6, 6.07) is 16.6. The highest BCUT2D eigenvalue weighted by atomic mass is 19.2. The quantitative estimate of drug-likeness (QED) is 0.402. The van der Waals surface area contributed by atoms with Gasteiger partial charge in [-0.1, -0.05) is 29.8 Å². The Morgan fingerprint density at radius 1 is 1.08 bits per heavy atom. The average Bonchev–Trinajstić information content (AvgIpc) is 3.35. The standard InChI is InChI=1S/C28H29F3N2O3/c1-19-4-2-5-20(14-19)16-33(17-24-6-3-13-35-24)18-27(36-23-11-12-25(30)26(31)15-23)28(34)32-22-9-7-21(29)8-10-22/h2,4-5,7-12,14-15,24,27H,3,6,13,16-18H2,1H3,(H,32,34). The molecule has 0 aromatic heterocycles. The van der Waals surface area contributed by atoms with Crippen LogP contribution >= 0.6 is 0 Å². The molecule has 0 aliphatic carbocycles. The lowest BCUT2D eigenvalue weighted by Crippen LogP contribution is -2.45. The second-order valence-corrected chi connectivity index (χ2v) is 9.00. The van der Waals surface area contributed by atoms with Gasteiger partial charge in [0.1, 0.15) is 11.6 Å². The third kappa shape index (κ3) is 7.32. The Morgan fingerprint density at radius 2 is 1.89 bits per heavy atom. The van der Waals surface area contributed by atoms with Crippen LogP contribution in [0, 0.1) is 24.4 Å². The fourth-order valence-electron chi connectivity index (χ4n) is 4.23. The largest absolute Gasteiger partial charge is 0.479 e. The fourth-order valence-corrected chi connectivity index (χ4v) is 4.23. The maximum absolute atomic E-state index is 13.9. The molecule has 0 saturated carbocycles. The van der Waals surface area contributed by atoms with Crippen LogP contribution in [0.25, 0.3) is 0 Å².